The molecule has 0 spiro atoms. The molecule has 0 atom stereocenters. The predicted octanol–water partition coefficient (Wildman–Crippen LogP) is 3.81. The second-order valence-electron chi connectivity index (χ2n) is 5.81. The Morgan fingerprint density at radius 1 is 1.29 bits per heavy atom. The summed E-state index contributed by atoms with van der Waals surface area (Å²) >= 11 is 0. The van der Waals surface area contributed by atoms with Gasteiger partial charge in [0.05, 0.1) is 11.4 Å². The fraction of sp³-hybridized carbons (Fsp3) is 0.500. The molecule has 0 saturated heterocycles. The Balaban J connectivity index is 1.81. The minimum absolute atomic E-state index is 0.101. The highest BCUT2D eigenvalue weighted by molar-refractivity contribution is 5.96. The van der Waals surface area contributed by atoms with E-state index < -0.39 is 0 Å². The van der Waals surface area contributed by atoms with Crippen LogP contribution in [0.5, 0.6) is 0 Å². The van der Waals surface area contributed by atoms with Crippen molar-refractivity contribution in [2.75, 3.05) is 5.32 Å². The van der Waals surface area contributed by atoms with E-state index in [0.717, 1.165) is 42.8 Å². The maximum atomic E-state index is 12.4. The first kappa shape index (κ1) is 13.9. The van der Waals surface area contributed by atoms with Gasteiger partial charge in [-0.1, -0.05) is 19.3 Å². The number of nitrogens with zero attached hydrogens (tertiary/aromatic N) is 1. The zero-order valence-electron chi connectivity index (χ0n) is 12.5. The van der Waals surface area contributed by atoms with Gasteiger partial charge < -0.3 is 9.73 Å². The van der Waals surface area contributed by atoms with E-state index in [1.54, 1.807) is 0 Å². The summed E-state index contributed by atoms with van der Waals surface area (Å²) in [5.74, 6) is 1.73. The number of amides is 1. The smallest absolute Gasteiger partial charge is 0.227 e. The third-order valence-electron chi connectivity index (χ3n) is 4.15. The average Bonchev–Trinajstić information content (AvgIpc) is 3.07. The van der Waals surface area contributed by atoms with Crippen molar-refractivity contribution in [3.63, 3.8) is 0 Å². The fourth-order valence-corrected chi connectivity index (χ4v) is 2.91. The summed E-state index contributed by atoms with van der Waals surface area (Å²) in [6, 6.07) is 3.77. The molecule has 0 radical (unpaired) electrons. The molecule has 1 saturated carbocycles. The zero-order chi connectivity index (χ0) is 14.8. The molecule has 3 rings (SSSR count). The van der Waals surface area contributed by atoms with Gasteiger partial charge in [0.1, 0.15) is 5.76 Å². The zero-order valence-corrected chi connectivity index (χ0v) is 12.5. The van der Waals surface area contributed by atoms with Crippen molar-refractivity contribution >= 4 is 11.6 Å². The van der Waals surface area contributed by atoms with Crippen LogP contribution < -0.4 is 5.32 Å². The third-order valence-corrected chi connectivity index (χ3v) is 4.15. The number of rotatable bonds is 3. The molecule has 5 nitrogen and oxygen atoms in total. The van der Waals surface area contributed by atoms with Crippen LogP contribution in [0.25, 0.3) is 11.5 Å². The Bertz CT molecular complexity index is 636. The van der Waals surface area contributed by atoms with Gasteiger partial charge in [0, 0.05) is 5.92 Å². The molecular formula is C16H21N3O2. The number of hydrogen-bond donors (Lipinski definition) is 2. The van der Waals surface area contributed by atoms with Crippen LogP contribution in [0.1, 0.15) is 43.6 Å². The van der Waals surface area contributed by atoms with Gasteiger partial charge in [-0.05, 0) is 38.8 Å². The lowest BCUT2D eigenvalue weighted by molar-refractivity contribution is -0.120. The molecule has 2 N–H and O–H groups in total. The van der Waals surface area contributed by atoms with E-state index in [4.69, 9.17) is 4.42 Å². The average molecular weight is 287 g/mol. The number of nitrogens with one attached hydrogen (secondary N) is 2. The van der Waals surface area contributed by atoms with Crippen LogP contribution in [0.2, 0.25) is 0 Å². The van der Waals surface area contributed by atoms with Crippen LogP contribution in [0, 0.1) is 19.8 Å². The molecule has 2 aromatic heterocycles. The van der Waals surface area contributed by atoms with Gasteiger partial charge in [0.2, 0.25) is 5.91 Å². The van der Waals surface area contributed by atoms with Gasteiger partial charge in [-0.2, -0.15) is 5.10 Å². The monoisotopic (exact) mass is 287 g/mol. The second kappa shape index (κ2) is 5.76. The highest BCUT2D eigenvalue weighted by Crippen LogP contribution is 2.31. The molecule has 1 fully saturated rings. The molecule has 2 aromatic rings. The number of hydrogen-bond acceptors (Lipinski definition) is 3. The Labute approximate surface area is 124 Å². The van der Waals surface area contributed by atoms with E-state index in [-0.39, 0.29) is 11.8 Å². The molecular weight excluding hydrogens is 266 g/mol. The lowest BCUT2D eigenvalue weighted by Gasteiger charge is -2.20. The first-order chi connectivity index (χ1) is 10.1. The number of carbonyl (C=O) groups excluding carboxylic acids is 1. The summed E-state index contributed by atoms with van der Waals surface area (Å²) in [5, 5.41) is 10.2. The van der Waals surface area contributed by atoms with Crippen molar-refractivity contribution in [3.05, 3.63) is 23.6 Å². The first-order valence-corrected chi connectivity index (χ1v) is 7.58. The lowest BCUT2D eigenvalue weighted by Crippen LogP contribution is -2.25. The van der Waals surface area contributed by atoms with Crippen LogP contribution in [0.4, 0.5) is 5.69 Å². The van der Waals surface area contributed by atoms with Gasteiger partial charge in [-0.25, -0.2) is 0 Å². The molecule has 2 heterocycles. The molecule has 0 unspecified atom stereocenters. The summed E-state index contributed by atoms with van der Waals surface area (Å²) in [6.07, 6.45) is 5.50. The Morgan fingerprint density at radius 3 is 2.71 bits per heavy atom. The quantitative estimate of drug-likeness (QED) is 0.901. The third kappa shape index (κ3) is 2.86. The fourth-order valence-electron chi connectivity index (χ4n) is 2.91. The van der Waals surface area contributed by atoms with Crippen molar-refractivity contribution in [1.29, 1.82) is 0 Å². The van der Waals surface area contributed by atoms with E-state index in [1.165, 1.54) is 6.42 Å². The molecule has 0 aromatic carbocycles. The number of aromatic nitrogens is 2. The molecule has 21 heavy (non-hydrogen) atoms. The van der Waals surface area contributed by atoms with E-state index >= 15 is 0 Å². The normalized spacial score (nSPS) is 16.1. The van der Waals surface area contributed by atoms with Crippen LogP contribution in [-0.4, -0.2) is 16.1 Å². The highest BCUT2D eigenvalue weighted by atomic mass is 16.3. The first-order valence-electron chi connectivity index (χ1n) is 7.58. The second-order valence-corrected chi connectivity index (χ2v) is 5.81. The summed E-state index contributed by atoms with van der Waals surface area (Å²) in [5.41, 5.74) is 2.26. The Hall–Kier alpha value is -2.04. The van der Waals surface area contributed by atoms with E-state index in [1.807, 2.05) is 26.0 Å². The standard InChI is InChI=1S/C16H21N3O2/c1-10-8-9-13(21-10)15-14(11(2)18-19-15)17-16(20)12-6-4-3-5-7-12/h8-9,12H,3-7H2,1-2H3,(H,17,20)(H,18,19). The molecule has 1 aliphatic carbocycles. The van der Waals surface area contributed by atoms with Gasteiger partial charge >= 0.3 is 0 Å². The summed E-state index contributed by atoms with van der Waals surface area (Å²) < 4.78 is 5.62. The van der Waals surface area contributed by atoms with Gasteiger partial charge in [-0.3, -0.25) is 9.89 Å². The van der Waals surface area contributed by atoms with Gasteiger partial charge in [0.25, 0.3) is 0 Å². The van der Waals surface area contributed by atoms with Crippen molar-refractivity contribution in [2.24, 2.45) is 5.92 Å². The molecule has 0 bridgehead atoms. The number of furan rings is 1. The number of carbonyl (C=O) groups is 1. The lowest BCUT2D eigenvalue weighted by atomic mass is 9.88. The van der Waals surface area contributed by atoms with Gasteiger partial charge in [-0.15, -0.1) is 0 Å². The van der Waals surface area contributed by atoms with E-state index in [9.17, 15) is 4.79 Å². The molecule has 112 valence electrons. The Morgan fingerprint density at radius 2 is 2.05 bits per heavy atom. The maximum Gasteiger partial charge on any atom is 0.227 e. The number of anilines is 1. The van der Waals surface area contributed by atoms with Crippen molar-refractivity contribution in [1.82, 2.24) is 10.2 Å². The largest absolute Gasteiger partial charge is 0.460 e. The van der Waals surface area contributed by atoms with E-state index in [2.05, 4.69) is 15.5 Å². The molecule has 5 heteroatoms. The van der Waals surface area contributed by atoms with Crippen molar-refractivity contribution in [2.45, 2.75) is 46.0 Å². The molecule has 1 aliphatic rings. The number of aryl methyl sites for hydroxylation is 2. The summed E-state index contributed by atoms with van der Waals surface area (Å²) in [6.45, 7) is 3.80. The SMILES string of the molecule is Cc1ccc(-c2n[nH]c(C)c2NC(=O)C2CCCCC2)o1. The molecule has 1 amide bonds. The summed E-state index contributed by atoms with van der Waals surface area (Å²) in [7, 11) is 0. The number of H-pyrrole nitrogens is 1. The number of aromatic amines is 1. The highest BCUT2D eigenvalue weighted by Gasteiger charge is 2.24. The molecule has 0 aliphatic heterocycles. The minimum Gasteiger partial charge on any atom is -0.460 e. The van der Waals surface area contributed by atoms with Crippen LogP contribution in [0.15, 0.2) is 16.5 Å². The van der Waals surface area contributed by atoms with Crippen LogP contribution >= 0.6 is 0 Å². The van der Waals surface area contributed by atoms with E-state index in [0.29, 0.717) is 11.5 Å². The maximum absolute atomic E-state index is 12.4. The summed E-state index contributed by atoms with van der Waals surface area (Å²) in [4.78, 5) is 12.4. The van der Waals surface area contributed by atoms with Crippen molar-refractivity contribution < 1.29 is 9.21 Å². The minimum atomic E-state index is 0.101. The Kier molecular flexibility index (Phi) is 3.82. The predicted molar refractivity (Wildman–Crippen MR) is 81.0 cm³/mol. The van der Waals surface area contributed by atoms with Gasteiger partial charge in [0.15, 0.2) is 11.5 Å². The van der Waals surface area contributed by atoms with Crippen LogP contribution in [0.3, 0.4) is 0 Å². The topological polar surface area (TPSA) is 70.9 Å². The van der Waals surface area contributed by atoms with Crippen molar-refractivity contribution in [3.8, 4) is 11.5 Å². The van der Waals surface area contributed by atoms with Crippen LogP contribution in [-0.2, 0) is 4.79 Å².